The molecule has 2 fully saturated rings. The minimum atomic E-state index is -3.61. The highest BCUT2D eigenvalue weighted by molar-refractivity contribution is 7.89. The third-order valence-corrected chi connectivity index (χ3v) is 6.80. The van der Waals surface area contributed by atoms with Crippen molar-refractivity contribution in [3.63, 3.8) is 0 Å². The van der Waals surface area contributed by atoms with Gasteiger partial charge in [0.1, 0.15) is 11.9 Å². The minimum Gasteiger partial charge on any atom is -0.354 e. The predicted molar refractivity (Wildman–Crippen MR) is 111 cm³/mol. The van der Waals surface area contributed by atoms with Gasteiger partial charge in [-0.1, -0.05) is 6.07 Å². The average Bonchev–Trinajstić information content (AvgIpc) is 3.59. The van der Waals surface area contributed by atoms with E-state index in [4.69, 9.17) is 0 Å². The SMILES string of the molecule is N#Cc1cccnc1N1CCCN(C(=O)c2cccc(S(=O)(=O)NC3CC3)c2)CC1. The molecule has 156 valence electrons. The molecule has 0 spiro atoms. The van der Waals surface area contributed by atoms with Gasteiger partial charge < -0.3 is 9.80 Å². The molecule has 1 aromatic carbocycles. The normalized spacial score (nSPS) is 17.3. The van der Waals surface area contributed by atoms with Gasteiger partial charge in [-0.25, -0.2) is 18.1 Å². The number of nitrogens with one attached hydrogen (secondary N) is 1. The number of amides is 1. The Labute approximate surface area is 176 Å². The van der Waals surface area contributed by atoms with Gasteiger partial charge in [0, 0.05) is 44.0 Å². The van der Waals surface area contributed by atoms with Crippen LogP contribution in [0.3, 0.4) is 0 Å². The van der Waals surface area contributed by atoms with Crippen LogP contribution in [-0.4, -0.2) is 56.4 Å². The highest BCUT2D eigenvalue weighted by Gasteiger charge is 2.29. The fourth-order valence-corrected chi connectivity index (χ4v) is 4.89. The number of sulfonamides is 1. The first kappa shape index (κ1) is 20.3. The maximum absolute atomic E-state index is 13.1. The second-order valence-corrected chi connectivity index (χ2v) is 9.26. The Kier molecular flexibility index (Phi) is 5.70. The molecule has 9 heteroatoms. The van der Waals surface area contributed by atoms with Crippen LogP contribution in [0.5, 0.6) is 0 Å². The highest BCUT2D eigenvalue weighted by atomic mass is 32.2. The number of hydrogen-bond acceptors (Lipinski definition) is 6. The molecule has 1 N–H and O–H groups in total. The highest BCUT2D eigenvalue weighted by Crippen LogP contribution is 2.23. The number of pyridine rings is 1. The van der Waals surface area contributed by atoms with Crippen molar-refractivity contribution >= 4 is 21.7 Å². The second kappa shape index (κ2) is 8.42. The first-order valence-electron chi connectivity index (χ1n) is 10.00. The molecular weight excluding hydrogens is 402 g/mol. The van der Waals surface area contributed by atoms with Crippen molar-refractivity contribution in [3.05, 3.63) is 53.7 Å². The molecule has 2 heterocycles. The van der Waals surface area contributed by atoms with Gasteiger partial charge in [0.25, 0.3) is 5.91 Å². The van der Waals surface area contributed by atoms with Crippen molar-refractivity contribution < 1.29 is 13.2 Å². The van der Waals surface area contributed by atoms with Gasteiger partial charge in [0.15, 0.2) is 0 Å². The molecular formula is C21H23N5O3S. The van der Waals surface area contributed by atoms with Crippen LogP contribution in [0.15, 0.2) is 47.5 Å². The smallest absolute Gasteiger partial charge is 0.253 e. The number of rotatable bonds is 5. The van der Waals surface area contributed by atoms with Gasteiger partial charge in [-0.15, -0.1) is 0 Å². The molecule has 0 atom stereocenters. The summed E-state index contributed by atoms with van der Waals surface area (Å²) in [5.41, 5.74) is 0.871. The third-order valence-electron chi connectivity index (χ3n) is 5.28. The molecule has 8 nitrogen and oxygen atoms in total. The topological polar surface area (TPSA) is 106 Å². The van der Waals surface area contributed by atoms with Crippen LogP contribution < -0.4 is 9.62 Å². The lowest BCUT2D eigenvalue weighted by Crippen LogP contribution is -2.35. The quantitative estimate of drug-likeness (QED) is 0.782. The van der Waals surface area contributed by atoms with E-state index < -0.39 is 10.0 Å². The molecule has 1 aliphatic heterocycles. The van der Waals surface area contributed by atoms with Gasteiger partial charge in [-0.2, -0.15) is 5.26 Å². The lowest BCUT2D eigenvalue weighted by molar-refractivity contribution is 0.0766. The van der Waals surface area contributed by atoms with E-state index in [1.807, 2.05) is 4.90 Å². The Bertz CT molecular complexity index is 1090. The van der Waals surface area contributed by atoms with Gasteiger partial charge in [-0.05, 0) is 49.6 Å². The summed E-state index contributed by atoms with van der Waals surface area (Å²) < 4.78 is 27.6. The zero-order chi connectivity index (χ0) is 21.1. The molecule has 4 rings (SSSR count). The molecule has 2 aromatic rings. The van der Waals surface area contributed by atoms with E-state index in [1.165, 1.54) is 12.1 Å². The summed E-state index contributed by atoms with van der Waals surface area (Å²) in [5, 5.41) is 9.32. The van der Waals surface area contributed by atoms with Crippen molar-refractivity contribution in [2.75, 3.05) is 31.1 Å². The Morgan fingerprint density at radius 3 is 2.73 bits per heavy atom. The summed E-state index contributed by atoms with van der Waals surface area (Å²) >= 11 is 0. The molecule has 30 heavy (non-hydrogen) atoms. The Morgan fingerprint density at radius 1 is 1.13 bits per heavy atom. The van der Waals surface area contributed by atoms with E-state index in [-0.39, 0.29) is 16.8 Å². The number of anilines is 1. The van der Waals surface area contributed by atoms with E-state index in [9.17, 15) is 18.5 Å². The number of benzene rings is 1. The Hall–Kier alpha value is -2.96. The Morgan fingerprint density at radius 2 is 1.97 bits per heavy atom. The van der Waals surface area contributed by atoms with Crippen LogP contribution in [0.2, 0.25) is 0 Å². The van der Waals surface area contributed by atoms with Crippen LogP contribution in [0.25, 0.3) is 0 Å². The number of aromatic nitrogens is 1. The molecule has 1 aromatic heterocycles. The van der Waals surface area contributed by atoms with Crippen LogP contribution in [0.1, 0.15) is 35.2 Å². The molecule has 0 bridgehead atoms. The molecule has 1 saturated carbocycles. The summed E-state index contributed by atoms with van der Waals surface area (Å²) in [6.45, 7) is 2.27. The molecule has 2 aliphatic rings. The molecule has 1 aliphatic carbocycles. The van der Waals surface area contributed by atoms with Gasteiger partial charge >= 0.3 is 0 Å². The molecule has 1 saturated heterocycles. The van der Waals surface area contributed by atoms with E-state index in [0.29, 0.717) is 43.1 Å². The first-order chi connectivity index (χ1) is 14.5. The van der Waals surface area contributed by atoms with Crippen molar-refractivity contribution in [3.8, 4) is 6.07 Å². The summed E-state index contributed by atoms with van der Waals surface area (Å²) in [6.07, 6.45) is 4.10. The van der Waals surface area contributed by atoms with Gasteiger partial charge in [0.05, 0.1) is 10.5 Å². The van der Waals surface area contributed by atoms with Gasteiger partial charge in [-0.3, -0.25) is 4.79 Å². The molecule has 0 unspecified atom stereocenters. The maximum Gasteiger partial charge on any atom is 0.253 e. The number of nitriles is 1. The van der Waals surface area contributed by atoms with Crippen molar-refractivity contribution in [1.29, 1.82) is 5.26 Å². The number of carbonyl (C=O) groups excluding carboxylic acids is 1. The van der Waals surface area contributed by atoms with Crippen LogP contribution in [0, 0.1) is 11.3 Å². The zero-order valence-electron chi connectivity index (χ0n) is 16.5. The predicted octanol–water partition coefficient (Wildman–Crippen LogP) is 1.75. The standard InChI is InChI=1S/C21H23N5O3S/c22-15-17-5-2-9-23-20(17)25-10-3-11-26(13-12-25)21(27)16-4-1-6-19(14-16)30(28,29)24-18-7-8-18/h1-2,4-6,9,14,18,24H,3,7-8,10-13H2. The fraction of sp³-hybridized carbons (Fsp3) is 0.381. The molecule has 1 amide bonds. The maximum atomic E-state index is 13.1. The monoisotopic (exact) mass is 425 g/mol. The van der Waals surface area contributed by atoms with Crippen LogP contribution >= 0.6 is 0 Å². The van der Waals surface area contributed by atoms with Crippen molar-refractivity contribution in [2.45, 2.75) is 30.2 Å². The number of hydrogen-bond donors (Lipinski definition) is 1. The largest absolute Gasteiger partial charge is 0.354 e. The van der Waals surface area contributed by atoms with E-state index in [0.717, 1.165) is 19.3 Å². The van der Waals surface area contributed by atoms with E-state index in [2.05, 4.69) is 15.8 Å². The third kappa shape index (κ3) is 4.45. The first-order valence-corrected chi connectivity index (χ1v) is 11.5. The second-order valence-electron chi connectivity index (χ2n) is 7.54. The summed E-state index contributed by atoms with van der Waals surface area (Å²) in [5.74, 6) is 0.440. The van der Waals surface area contributed by atoms with Crippen LogP contribution in [-0.2, 0) is 10.0 Å². The van der Waals surface area contributed by atoms with Gasteiger partial charge in [0.2, 0.25) is 10.0 Å². The summed E-state index contributed by atoms with van der Waals surface area (Å²) in [4.78, 5) is 21.3. The Balaban J connectivity index is 1.48. The van der Waals surface area contributed by atoms with Crippen molar-refractivity contribution in [2.24, 2.45) is 0 Å². The lowest BCUT2D eigenvalue weighted by atomic mass is 10.2. The summed E-state index contributed by atoms with van der Waals surface area (Å²) in [6, 6.07) is 11.8. The van der Waals surface area contributed by atoms with E-state index in [1.54, 1.807) is 35.4 Å². The van der Waals surface area contributed by atoms with E-state index >= 15 is 0 Å². The average molecular weight is 426 g/mol. The molecule has 0 radical (unpaired) electrons. The zero-order valence-corrected chi connectivity index (χ0v) is 17.3. The lowest BCUT2D eigenvalue weighted by Gasteiger charge is -2.23. The number of nitrogens with zero attached hydrogens (tertiary/aromatic N) is 4. The minimum absolute atomic E-state index is 0.0100. The van der Waals surface area contributed by atoms with Crippen molar-refractivity contribution in [1.82, 2.24) is 14.6 Å². The summed E-state index contributed by atoms with van der Waals surface area (Å²) in [7, 11) is -3.61. The fourth-order valence-electron chi connectivity index (χ4n) is 3.54. The number of carbonyl (C=O) groups is 1. The van der Waals surface area contributed by atoms with Crippen LogP contribution in [0.4, 0.5) is 5.82 Å².